The fourth-order valence-corrected chi connectivity index (χ4v) is 7.27. The van der Waals surface area contributed by atoms with E-state index in [1.54, 1.807) is 11.1 Å². The summed E-state index contributed by atoms with van der Waals surface area (Å²) in [6, 6.07) is 12.3. The van der Waals surface area contributed by atoms with Gasteiger partial charge in [-0.2, -0.15) is 0 Å². The van der Waals surface area contributed by atoms with Crippen molar-refractivity contribution in [3.8, 4) is 23.0 Å². The van der Waals surface area contributed by atoms with Gasteiger partial charge in [0.2, 0.25) is 17.5 Å². The fraction of sp³-hybridized carbons (Fsp3) is 0.450. The van der Waals surface area contributed by atoms with E-state index in [0.717, 1.165) is 65.1 Å². The molecular formula is C40H49N8O6+. The highest BCUT2D eigenvalue weighted by Gasteiger charge is 2.40. The van der Waals surface area contributed by atoms with Crippen molar-refractivity contribution in [3.05, 3.63) is 71.6 Å². The number of aromatic nitrogens is 4. The van der Waals surface area contributed by atoms with Gasteiger partial charge >= 0.3 is 12.2 Å². The van der Waals surface area contributed by atoms with Crippen LogP contribution in [0, 0.1) is 23.7 Å². The quantitative estimate of drug-likeness (QED) is 0.177. The van der Waals surface area contributed by atoms with E-state index in [4.69, 9.17) is 14.5 Å². The molecule has 6 rings (SSSR count). The summed E-state index contributed by atoms with van der Waals surface area (Å²) in [5, 5.41) is 5.38. The number of nitrogens with zero attached hydrogens (tertiary/aromatic N) is 3. The number of methoxy groups -OCH3 is 2. The molecule has 2 saturated heterocycles. The molecule has 0 saturated carbocycles. The van der Waals surface area contributed by atoms with Crippen molar-refractivity contribution in [3.63, 3.8) is 0 Å². The minimum atomic E-state index is -0.692. The van der Waals surface area contributed by atoms with Crippen molar-refractivity contribution in [2.45, 2.75) is 77.5 Å². The lowest BCUT2D eigenvalue weighted by Crippen LogP contribution is -2.51. The Labute approximate surface area is 314 Å². The van der Waals surface area contributed by atoms with E-state index in [-0.39, 0.29) is 35.7 Å². The molecular weight excluding hydrogens is 688 g/mol. The lowest BCUT2D eigenvalue weighted by molar-refractivity contribution is -0.393. The van der Waals surface area contributed by atoms with Crippen LogP contribution in [0.15, 0.2) is 48.7 Å². The molecule has 0 spiro atoms. The number of nitrogens with one attached hydrogen (secondary N) is 5. The van der Waals surface area contributed by atoms with Crippen LogP contribution in [-0.4, -0.2) is 88.1 Å². The van der Waals surface area contributed by atoms with Gasteiger partial charge in [-0.05, 0) is 78.8 Å². The van der Waals surface area contributed by atoms with Crippen molar-refractivity contribution < 1.29 is 33.6 Å². The summed E-state index contributed by atoms with van der Waals surface area (Å²) in [5.74, 6) is 7.44. The molecule has 4 amide bonds. The molecule has 284 valence electrons. The summed E-state index contributed by atoms with van der Waals surface area (Å²) in [6.07, 6.45) is 3.82. The molecule has 0 unspecified atom stereocenters. The lowest BCUT2D eigenvalue weighted by Gasteiger charge is -2.29. The van der Waals surface area contributed by atoms with E-state index >= 15 is 0 Å². The smallest absolute Gasteiger partial charge is 0.407 e. The van der Waals surface area contributed by atoms with Gasteiger partial charge in [-0.1, -0.05) is 51.8 Å². The number of carbonyl (C=O) groups is 4. The number of carbonyl (C=O) groups excluding carboxylic acids is 4. The predicted octanol–water partition coefficient (Wildman–Crippen LogP) is 4.86. The maximum absolute atomic E-state index is 13.6. The third-order valence-electron chi connectivity index (χ3n) is 10.2. The van der Waals surface area contributed by atoms with E-state index in [9.17, 15) is 19.2 Å². The molecule has 0 aliphatic carbocycles. The number of imidazole rings is 2. The molecule has 0 bridgehead atoms. The molecule has 2 aliphatic rings. The monoisotopic (exact) mass is 737 g/mol. The molecule has 0 radical (unpaired) electrons. The lowest BCUT2D eigenvalue weighted by atomic mass is 10.0. The number of hydrogen-bond acceptors (Lipinski definition) is 7. The number of benzene rings is 2. The minimum absolute atomic E-state index is 0.103. The van der Waals surface area contributed by atoms with Gasteiger partial charge in [0.15, 0.2) is 0 Å². The highest BCUT2D eigenvalue weighted by molar-refractivity contribution is 5.87. The van der Waals surface area contributed by atoms with Gasteiger partial charge < -0.3 is 34.9 Å². The molecule has 14 nitrogen and oxygen atoms in total. The predicted molar refractivity (Wildman–Crippen MR) is 201 cm³/mol. The van der Waals surface area contributed by atoms with Crippen molar-refractivity contribution >= 4 is 35.0 Å². The number of rotatable bonds is 9. The van der Waals surface area contributed by atoms with Gasteiger partial charge in [0, 0.05) is 18.7 Å². The molecule has 2 fully saturated rings. The number of ether oxygens (including phenoxy) is 2. The Hall–Kier alpha value is -5.84. The zero-order valence-electron chi connectivity index (χ0n) is 31.6. The summed E-state index contributed by atoms with van der Waals surface area (Å²) >= 11 is 0. The minimum Gasteiger partial charge on any atom is -0.453 e. The molecule has 2 aromatic carbocycles. The highest BCUT2D eigenvalue weighted by Crippen LogP contribution is 2.34. The molecule has 2 aromatic heterocycles. The number of likely N-dealkylation sites (tertiary alicyclic amines) is 2. The van der Waals surface area contributed by atoms with Crippen LogP contribution in [-0.2, 0) is 19.1 Å². The Bertz CT molecular complexity index is 2060. The summed E-state index contributed by atoms with van der Waals surface area (Å²) < 4.78 is 9.50. The van der Waals surface area contributed by atoms with E-state index in [1.165, 1.54) is 14.2 Å². The Kier molecular flexibility index (Phi) is 11.5. The first kappa shape index (κ1) is 37.9. The summed E-state index contributed by atoms with van der Waals surface area (Å²) in [7, 11) is 2.57. The normalized spacial score (nSPS) is 18.0. The third-order valence-corrected chi connectivity index (χ3v) is 10.2. The zero-order valence-corrected chi connectivity index (χ0v) is 31.6. The Balaban J connectivity index is 1.12. The van der Waals surface area contributed by atoms with Gasteiger partial charge in [-0.15, -0.1) is 0 Å². The van der Waals surface area contributed by atoms with Crippen molar-refractivity contribution in [2.75, 3.05) is 27.3 Å². The van der Waals surface area contributed by atoms with Crippen LogP contribution in [0.4, 0.5) is 9.59 Å². The molecule has 2 aliphatic heterocycles. The molecule has 54 heavy (non-hydrogen) atoms. The molecule has 14 heteroatoms. The second-order valence-electron chi connectivity index (χ2n) is 14.5. The largest absolute Gasteiger partial charge is 0.453 e. The average molecular weight is 738 g/mol. The highest BCUT2D eigenvalue weighted by atomic mass is 16.5. The first-order chi connectivity index (χ1) is 26.0. The number of H-pyrrole nitrogens is 3. The van der Waals surface area contributed by atoms with Gasteiger partial charge in [0.1, 0.15) is 30.1 Å². The van der Waals surface area contributed by atoms with Gasteiger partial charge in [0.25, 0.3) is 5.82 Å². The maximum atomic E-state index is 13.6. The standard InChI is InChI=1S/C40H48N8O6/c1-23(2)33(45-39(51)53-5)37(49)47-19-7-9-31(47)35-41-22-28(42-35)17-13-25-11-14-26(15-12-25)27-16-18-29-30(21-27)44-36(43-29)32-10-8-20-48(32)38(50)34(24(3)4)46-40(52)54-6/h11-12,14-16,18,21-24,31-34H,7-10,19-20H2,1-6H3,(H,41,42)(H,43,44)(H,45,51)(H,46,52)/p+1/t31-,32-,33-,34-/m0/s1. The van der Waals surface area contributed by atoms with Crippen molar-refractivity contribution in [1.29, 1.82) is 0 Å². The molecule has 4 aromatic rings. The van der Waals surface area contributed by atoms with Gasteiger partial charge in [0.05, 0.1) is 31.3 Å². The number of aromatic amines is 3. The summed E-state index contributed by atoms with van der Waals surface area (Å²) in [4.78, 5) is 69.4. The van der Waals surface area contributed by atoms with Crippen LogP contribution in [0.1, 0.15) is 88.4 Å². The zero-order chi connectivity index (χ0) is 38.5. The van der Waals surface area contributed by atoms with Crippen LogP contribution in [0.2, 0.25) is 0 Å². The van der Waals surface area contributed by atoms with Gasteiger partial charge in [-0.25, -0.2) is 24.5 Å². The van der Waals surface area contributed by atoms with Crippen molar-refractivity contribution in [1.82, 2.24) is 35.4 Å². The number of alkyl carbamates (subject to hydrolysis) is 2. The van der Waals surface area contributed by atoms with Gasteiger partial charge in [-0.3, -0.25) is 9.59 Å². The van der Waals surface area contributed by atoms with Crippen LogP contribution in [0.3, 0.4) is 0 Å². The van der Waals surface area contributed by atoms with E-state index in [1.807, 2.05) is 69.0 Å². The van der Waals surface area contributed by atoms with E-state index in [2.05, 4.69) is 43.5 Å². The Morgan fingerprint density at radius 1 is 0.796 bits per heavy atom. The van der Waals surface area contributed by atoms with Crippen LogP contribution < -0.4 is 15.6 Å². The number of hydrogen-bond donors (Lipinski definition) is 4. The molecule has 5 N–H and O–H groups in total. The third kappa shape index (κ3) is 8.20. The molecule has 4 atom stereocenters. The Morgan fingerprint density at radius 2 is 1.37 bits per heavy atom. The Morgan fingerprint density at radius 3 is 1.96 bits per heavy atom. The maximum Gasteiger partial charge on any atom is 0.407 e. The van der Waals surface area contributed by atoms with Crippen LogP contribution >= 0.6 is 0 Å². The summed E-state index contributed by atoms with van der Waals surface area (Å²) in [5.41, 5.74) is 5.27. The SMILES string of the molecule is COC(=O)N[C@H](C(=O)N1CCC[C@H]1c1nc2ccc(-c3ccc(C#Cc4c[nH+]c([C@@H]5CCCN5C(=O)[C@@H](NC(=O)OC)C(C)C)[nH]4)cc3)cc2[nH]1)C(C)C. The van der Waals surface area contributed by atoms with Crippen LogP contribution in [0.5, 0.6) is 0 Å². The first-order valence-electron chi connectivity index (χ1n) is 18.5. The van der Waals surface area contributed by atoms with E-state index in [0.29, 0.717) is 18.8 Å². The fourth-order valence-electron chi connectivity index (χ4n) is 7.27. The number of fused-ring (bicyclic) bond motifs is 1. The number of amides is 4. The average Bonchev–Trinajstić information content (AvgIpc) is 4.00. The second kappa shape index (κ2) is 16.4. The molecule has 4 heterocycles. The topological polar surface area (TPSA) is 176 Å². The first-order valence-corrected chi connectivity index (χ1v) is 18.5. The second-order valence-corrected chi connectivity index (χ2v) is 14.5. The van der Waals surface area contributed by atoms with Crippen molar-refractivity contribution in [2.24, 2.45) is 11.8 Å². The van der Waals surface area contributed by atoms with E-state index < -0.39 is 24.3 Å². The van der Waals surface area contributed by atoms with Crippen LogP contribution in [0.25, 0.3) is 22.2 Å². The summed E-state index contributed by atoms with van der Waals surface area (Å²) in [6.45, 7) is 8.78.